The summed E-state index contributed by atoms with van der Waals surface area (Å²) in [6.07, 6.45) is 3.79. The lowest BCUT2D eigenvalue weighted by molar-refractivity contribution is 0.139. The molecule has 1 heterocycles. The Morgan fingerprint density at radius 3 is 2.57 bits per heavy atom. The summed E-state index contributed by atoms with van der Waals surface area (Å²) in [7, 11) is 0. The third-order valence-electron chi connectivity index (χ3n) is 5.05. The van der Waals surface area contributed by atoms with Crippen molar-refractivity contribution in [2.45, 2.75) is 32.2 Å². The Kier molecular flexibility index (Phi) is 4.57. The number of hydrogen-bond acceptors (Lipinski definition) is 2. The fraction of sp³-hybridized carbons (Fsp3) is 0.474. The van der Waals surface area contributed by atoms with Crippen molar-refractivity contribution in [1.29, 1.82) is 0 Å². The van der Waals surface area contributed by atoms with Gasteiger partial charge in [0.15, 0.2) is 0 Å². The molecule has 1 aliphatic rings. The molecule has 0 aromatic heterocycles. The van der Waals surface area contributed by atoms with Crippen LogP contribution < -0.4 is 5.73 Å². The van der Waals surface area contributed by atoms with Crippen molar-refractivity contribution in [2.24, 2.45) is 11.7 Å². The maximum absolute atomic E-state index is 5.69. The summed E-state index contributed by atoms with van der Waals surface area (Å²) < 4.78 is 0. The van der Waals surface area contributed by atoms with Crippen molar-refractivity contribution in [3.63, 3.8) is 0 Å². The van der Waals surface area contributed by atoms with E-state index in [0.717, 1.165) is 12.5 Å². The first kappa shape index (κ1) is 14.6. The van der Waals surface area contributed by atoms with Crippen molar-refractivity contribution >= 4 is 10.8 Å². The Morgan fingerprint density at radius 1 is 1.10 bits per heavy atom. The van der Waals surface area contributed by atoms with Gasteiger partial charge in [-0.25, -0.2) is 0 Å². The summed E-state index contributed by atoms with van der Waals surface area (Å²) >= 11 is 0. The number of likely N-dealkylation sites (tertiary alicyclic amines) is 1. The van der Waals surface area contributed by atoms with Crippen LogP contribution in [0.15, 0.2) is 42.5 Å². The number of nitrogens with two attached hydrogens (primary N) is 1. The third kappa shape index (κ3) is 3.12. The Balaban J connectivity index is 1.77. The van der Waals surface area contributed by atoms with Gasteiger partial charge in [0, 0.05) is 6.04 Å². The van der Waals surface area contributed by atoms with Crippen LogP contribution in [-0.2, 0) is 0 Å². The Bertz CT molecular complexity index is 580. The van der Waals surface area contributed by atoms with Crippen molar-refractivity contribution in [3.05, 3.63) is 48.0 Å². The molecule has 1 atom stereocenters. The van der Waals surface area contributed by atoms with E-state index in [4.69, 9.17) is 5.73 Å². The highest BCUT2D eigenvalue weighted by molar-refractivity contribution is 5.86. The molecule has 0 radical (unpaired) electrons. The van der Waals surface area contributed by atoms with Gasteiger partial charge in [0.1, 0.15) is 0 Å². The molecule has 21 heavy (non-hydrogen) atoms. The molecule has 112 valence electrons. The molecule has 1 saturated heterocycles. The fourth-order valence-electron chi connectivity index (χ4n) is 3.68. The summed E-state index contributed by atoms with van der Waals surface area (Å²) in [6, 6.07) is 15.9. The zero-order valence-corrected chi connectivity index (χ0v) is 13.0. The summed E-state index contributed by atoms with van der Waals surface area (Å²) in [4.78, 5) is 2.63. The van der Waals surface area contributed by atoms with Crippen LogP contribution in [0.1, 0.15) is 37.8 Å². The zero-order chi connectivity index (χ0) is 14.7. The Morgan fingerprint density at radius 2 is 1.81 bits per heavy atom. The highest BCUT2D eigenvalue weighted by atomic mass is 15.2. The fourth-order valence-corrected chi connectivity index (χ4v) is 3.68. The maximum Gasteiger partial charge on any atom is 0.0326 e. The molecule has 0 spiro atoms. The quantitative estimate of drug-likeness (QED) is 0.919. The van der Waals surface area contributed by atoms with Gasteiger partial charge in [-0.2, -0.15) is 0 Å². The van der Waals surface area contributed by atoms with Crippen LogP contribution in [0.4, 0.5) is 0 Å². The number of benzene rings is 2. The smallest absolute Gasteiger partial charge is 0.0326 e. The molecule has 2 heteroatoms. The molecule has 3 rings (SSSR count). The summed E-state index contributed by atoms with van der Waals surface area (Å²) in [6.45, 7) is 5.60. The van der Waals surface area contributed by atoms with E-state index in [2.05, 4.69) is 54.3 Å². The van der Waals surface area contributed by atoms with Crippen molar-refractivity contribution in [2.75, 3.05) is 19.6 Å². The summed E-state index contributed by atoms with van der Waals surface area (Å²) in [5.41, 5.74) is 7.16. The average molecular weight is 282 g/mol. The Labute approximate surface area is 127 Å². The van der Waals surface area contributed by atoms with Crippen LogP contribution in [0.5, 0.6) is 0 Å². The summed E-state index contributed by atoms with van der Waals surface area (Å²) in [5, 5.41) is 2.75. The number of hydrogen-bond donors (Lipinski definition) is 1. The van der Waals surface area contributed by atoms with Crippen LogP contribution in [0.2, 0.25) is 0 Å². The normalized spacial score (nSPS) is 19.0. The lowest BCUT2D eigenvalue weighted by Crippen LogP contribution is -2.36. The molecule has 0 amide bonds. The zero-order valence-electron chi connectivity index (χ0n) is 13.0. The van der Waals surface area contributed by atoms with Gasteiger partial charge in [-0.15, -0.1) is 0 Å². The monoisotopic (exact) mass is 282 g/mol. The highest BCUT2D eigenvalue weighted by Crippen LogP contribution is 2.31. The second-order valence-electron chi connectivity index (χ2n) is 6.30. The number of nitrogens with zero attached hydrogens (tertiary/aromatic N) is 1. The van der Waals surface area contributed by atoms with Gasteiger partial charge in [0.2, 0.25) is 0 Å². The lowest BCUT2D eigenvalue weighted by atomic mass is 9.91. The molecule has 1 fully saturated rings. The molecule has 2 nitrogen and oxygen atoms in total. The molecule has 2 aromatic carbocycles. The minimum atomic E-state index is 0.495. The van der Waals surface area contributed by atoms with Gasteiger partial charge in [0.05, 0.1) is 0 Å². The largest absolute Gasteiger partial charge is 0.330 e. The highest BCUT2D eigenvalue weighted by Gasteiger charge is 2.23. The second-order valence-corrected chi connectivity index (χ2v) is 6.30. The molecule has 0 aliphatic carbocycles. The number of rotatable bonds is 4. The van der Waals surface area contributed by atoms with Crippen LogP contribution in [-0.4, -0.2) is 24.5 Å². The first-order chi connectivity index (χ1) is 10.3. The van der Waals surface area contributed by atoms with E-state index >= 15 is 0 Å². The average Bonchev–Trinajstić information content (AvgIpc) is 2.55. The second kappa shape index (κ2) is 6.59. The van der Waals surface area contributed by atoms with Gasteiger partial charge in [-0.1, -0.05) is 42.5 Å². The van der Waals surface area contributed by atoms with Crippen LogP contribution in [0, 0.1) is 5.92 Å². The van der Waals surface area contributed by atoms with Gasteiger partial charge in [-0.05, 0) is 68.1 Å². The SMILES string of the molecule is CC(c1cccc2ccccc12)N1CCC(CCN)CC1. The van der Waals surface area contributed by atoms with E-state index < -0.39 is 0 Å². The molecular formula is C19H26N2. The first-order valence-electron chi connectivity index (χ1n) is 8.21. The van der Waals surface area contributed by atoms with Gasteiger partial charge in [-0.3, -0.25) is 4.90 Å². The van der Waals surface area contributed by atoms with Crippen molar-refractivity contribution in [1.82, 2.24) is 4.90 Å². The minimum Gasteiger partial charge on any atom is -0.330 e. The molecule has 0 saturated carbocycles. The topological polar surface area (TPSA) is 29.3 Å². The predicted molar refractivity (Wildman–Crippen MR) is 90.3 cm³/mol. The maximum atomic E-state index is 5.69. The molecular weight excluding hydrogens is 256 g/mol. The molecule has 2 N–H and O–H groups in total. The van der Waals surface area contributed by atoms with E-state index in [-0.39, 0.29) is 0 Å². The molecule has 0 bridgehead atoms. The van der Waals surface area contributed by atoms with Crippen LogP contribution in [0.25, 0.3) is 10.8 Å². The lowest BCUT2D eigenvalue weighted by Gasteiger charge is -2.36. The minimum absolute atomic E-state index is 0.495. The number of piperidine rings is 1. The predicted octanol–water partition coefficient (Wildman–Crippen LogP) is 3.96. The molecule has 2 aromatic rings. The van der Waals surface area contributed by atoms with Crippen molar-refractivity contribution in [3.8, 4) is 0 Å². The van der Waals surface area contributed by atoms with Crippen molar-refractivity contribution < 1.29 is 0 Å². The van der Waals surface area contributed by atoms with Gasteiger partial charge in [0.25, 0.3) is 0 Å². The van der Waals surface area contributed by atoms with Gasteiger partial charge >= 0.3 is 0 Å². The number of fused-ring (bicyclic) bond motifs is 1. The third-order valence-corrected chi connectivity index (χ3v) is 5.05. The van der Waals surface area contributed by atoms with Crippen LogP contribution in [0.3, 0.4) is 0 Å². The van der Waals surface area contributed by atoms with E-state index in [1.807, 2.05) is 0 Å². The molecule has 1 aliphatic heterocycles. The Hall–Kier alpha value is -1.38. The van der Waals surface area contributed by atoms with Gasteiger partial charge < -0.3 is 5.73 Å². The van der Waals surface area contributed by atoms with Crippen LogP contribution >= 0.6 is 0 Å². The standard InChI is InChI=1S/C19H26N2/c1-15(21-13-10-16(9-12-20)11-14-21)18-8-4-6-17-5-2-3-7-19(17)18/h2-8,15-16H,9-14,20H2,1H3. The molecule has 1 unspecified atom stereocenters. The first-order valence-corrected chi connectivity index (χ1v) is 8.21. The van der Waals surface area contributed by atoms with E-state index in [1.165, 1.54) is 48.7 Å². The van der Waals surface area contributed by atoms with E-state index in [1.54, 1.807) is 0 Å². The van der Waals surface area contributed by atoms with E-state index in [0.29, 0.717) is 6.04 Å². The summed E-state index contributed by atoms with van der Waals surface area (Å²) in [5.74, 6) is 0.839. The van der Waals surface area contributed by atoms with E-state index in [9.17, 15) is 0 Å².